The summed E-state index contributed by atoms with van der Waals surface area (Å²) in [6.07, 6.45) is 1.70. The lowest BCUT2D eigenvalue weighted by Crippen LogP contribution is -2.11. The molecule has 6 heteroatoms. The molecule has 94 valence electrons. The number of aromatic nitrogens is 2. The van der Waals surface area contributed by atoms with Crippen molar-refractivity contribution >= 4 is 22.9 Å². The first-order chi connectivity index (χ1) is 8.58. The minimum absolute atomic E-state index is 0.298. The van der Waals surface area contributed by atoms with Gasteiger partial charge in [0.05, 0.1) is 23.3 Å². The van der Waals surface area contributed by atoms with Crippen molar-refractivity contribution in [1.82, 2.24) is 10.1 Å². The summed E-state index contributed by atoms with van der Waals surface area (Å²) in [5.74, 6) is 0.827. The fraction of sp³-hybridized carbons (Fsp3) is 0.250. The van der Waals surface area contributed by atoms with E-state index in [1.165, 1.54) is 0 Å². The molecule has 2 heterocycles. The minimum atomic E-state index is 0.298. The number of aryl methyl sites for hydroxylation is 2. The van der Waals surface area contributed by atoms with Gasteiger partial charge in [0.25, 0.3) is 0 Å². The molecule has 0 saturated carbocycles. The van der Waals surface area contributed by atoms with Gasteiger partial charge in [0.15, 0.2) is 0 Å². The third-order valence-corrected chi connectivity index (χ3v) is 2.88. The molecule has 0 aliphatic carbocycles. The van der Waals surface area contributed by atoms with E-state index in [0.717, 1.165) is 22.7 Å². The van der Waals surface area contributed by atoms with E-state index in [9.17, 15) is 0 Å². The Balaban J connectivity index is 2.04. The molecule has 0 atom stereocenters. The van der Waals surface area contributed by atoms with Crippen LogP contribution in [0.4, 0.5) is 5.69 Å². The number of anilines is 1. The molecule has 2 aromatic rings. The maximum absolute atomic E-state index is 5.48. The van der Waals surface area contributed by atoms with Crippen LogP contribution in [0.1, 0.15) is 22.7 Å². The van der Waals surface area contributed by atoms with Crippen molar-refractivity contribution in [3.63, 3.8) is 0 Å². The van der Waals surface area contributed by atoms with Crippen molar-refractivity contribution < 1.29 is 4.52 Å². The lowest BCUT2D eigenvalue weighted by atomic mass is 10.2. The molecule has 2 aromatic heterocycles. The van der Waals surface area contributed by atoms with Crippen molar-refractivity contribution in [1.29, 1.82) is 0 Å². The number of thiocarbonyl (C=S) groups is 1. The SMILES string of the molecule is Cc1noc(C)c1CNc1ccc(C(N)=S)nc1. The van der Waals surface area contributed by atoms with E-state index >= 15 is 0 Å². The van der Waals surface area contributed by atoms with Crippen molar-refractivity contribution in [2.45, 2.75) is 20.4 Å². The highest BCUT2D eigenvalue weighted by molar-refractivity contribution is 7.80. The van der Waals surface area contributed by atoms with Gasteiger partial charge in [0.2, 0.25) is 0 Å². The zero-order valence-corrected chi connectivity index (χ0v) is 11.0. The van der Waals surface area contributed by atoms with Gasteiger partial charge in [-0.25, -0.2) is 0 Å². The number of hydrogen-bond acceptors (Lipinski definition) is 5. The van der Waals surface area contributed by atoms with Gasteiger partial charge in [-0.05, 0) is 26.0 Å². The van der Waals surface area contributed by atoms with Gasteiger partial charge in [0.1, 0.15) is 10.7 Å². The average Bonchev–Trinajstić information content (AvgIpc) is 2.67. The van der Waals surface area contributed by atoms with Gasteiger partial charge in [-0.1, -0.05) is 17.4 Å². The molecule has 18 heavy (non-hydrogen) atoms. The predicted octanol–water partition coefficient (Wildman–Crippen LogP) is 1.93. The number of nitrogens with two attached hydrogens (primary N) is 1. The second-order valence-corrected chi connectivity index (χ2v) is 4.39. The smallest absolute Gasteiger partial charge is 0.138 e. The first-order valence-corrected chi connectivity index (χ1v) is 5.90. The van der Waals surface area contributed by atoms with Crippen molar-refractivity contribution in [3.8, 4) is 0 Å². The van der Waals surface area contributed by atoms with Gasteiger partial charge in [-0.2, -0.15) is 0 Å². The van der Waals surface area contributed by atoms with E-state index in [0.29, 0.717) is 17.2 Å². The molecule has 2 rings (SSSR count). The number of rotatable bonds is 4. The van der Waals surface area contributed by atoms with E-state index < -0.39 is 0 Å². The van der Waals surface area contributed by atoms with Gasteiger partial charge >= 0.3 is 0 Å². The molecule has 3 N–H and O–H groups in total. The lowest BCUT2D eigenvalue weighted by molar-refractivity contribution is 0.392. The number of hydrogen-bond donors (Lipinski definition) is 2. The molecule has 0 aliphatic heterocycles. The topological polar surface area (TPSA) is 77.0 Å². The van der Waals surface area contributed by atoms with Crippen molar-refractivity contribution in [3.05, 3.63) is 41.0 Å². The molecule has 0 amide bonds. The molecule has 5 nitrogen and oxygen atoms in total. The lowest BCUT2D eigenvalue weighted by Gasteiger charge is -2.06. The Morgan fingerprint density at radius 2 is 2.22 bits per heavy atom. The van der Waals surface area contributed by atoms with Gasteiger partial charge < -0.3 is 15.6 Å². The third-order valence-electron chi connectivity index (χ3n) is 2.67. The zero-order valence-electron chi connectivity index (χ0n) is 10.2. The quantitative estimate of drug-likeness (QED) is 0.820. The maximum atomic E-state index is 5.48. The molecule has 0 fully saturated rings. The molecule has 0 saturated heterocycles. The van der Waals surface area contributed by atoms with E-state index in [4.69, 9.17) is 22.5 Å². The number of nitrogens with zero attached hydrogens (tertiary/aromatic N) is 2. The summed E-state index contributed by atoms with van der Waals surface area (Å²) in [6.45, 7) is 4.46. The molecule has 0 bridgehead atoms. The second kappa shape index (κ2) is 5.14. The van der Waals surface area contributed by atoms with Crippen LogP contribution in [-0.4, -0.2) is 15.1 Å². The average molecular weight is 262 g/mol. The Kier molecular flexibility index (Phi) is 3.57. The predicted molar refractivity (Wildman–Crippen MR) is 73.4 cm³/mol. The summed E-state index contributed by atoms with van der Waals surface area (Å²) in [5, 5.41) is 7.15. The summed E-state index contributed by atoms with van der Waals surface area (Å²) in [6, 6.07) is 3.68. The summed E-state index contributed by atoms with van der Waals surface area (Å²) in [5.41, 5.74) is 8.96. The van der Waals surface area contributed by atoms with Crippen LogP contribution in [0.25, 0.3) is 0 Å². The molecule has 0 aromatic carbocycles. The summed E-state index contributed by atoms with van der Waals surface area (Å²) in [4.78, 5) is 4.45. The van der Waals surface area contributed by atoms with Crippen LogP contribution in [0, 0.1) is 13.8 Å². The highest BCUT2D eigenvalue weighted by Crippen LogP contribution is 2.14. The van der Waals surface area contributed by atoms with Crippen LogP contribution in [0.2, 0.25) is 0 Å². The zero-order chi connectivity index (χ0) is 13.1. The highest BCUT2D eigenvalue weighted by Gasteiger charge is 2.08. The van der Waals surface area contributed by atoms with Crippen LogP contribution in [0.15, 0.2) is 22.9 Å². The van der Waals surface area contributed by atoms with Crippen LogP contribution < -0.4 is 11.1 Å². The van der Waals surface area contributed by atoms with E-state index in [2.05, 4.69) is 15.5 Å². The maximum Gasteiger partial charge on any atom is 0.138 e. The normalized spacial score (nSPS) is 10.3. The number of pyridine rings is 1. The fourth-order valence-electron chi connectivity index (χ4n) is 1.59. The highest BCUT2D eigenvalue weighted by atomic mass is 32.1. The monoisotopic (exact) mass is 262 g/mol. The van der Waals surface area contributed by atoms with Crippen LogP contribution in [-0.2, 0) is 6.54 Å². The molecule has 0 aliphatic rings. The Labute approximate surface area is 110 Å². The van der Waals surface area contributed by atoms with Crippen LogP contribution in [0.5, 0.6) is 0 Å². The summed E-state index contributed by atoms with van der Waals surface area (Å²) in [7, 11) is 0. The van der Waals surface area contributed by atoms with E-state index in [1.54, 1.807) is 12.3 Å². The van der Waals surface area contributed by atoms with Crippen LogP contribution >= 0.6 is 12.2 Å². The molecular weight excluding hydrogens is 248 g/mol. The Bertz CT molecular complexity index is 542. The first kappa shape index (κ1) is 12.5. The minimum Gasteiger partial charge on any atom is -0.388 e. The van der Waals surface area contributed by atoms with Crippen molar-refractivity contribution in [2.75, 3.05) is 5.32 Å². The van der Waals surface area contributed by atoms with E-state index in [-0.39, 0.29) is 0 Å². The van der Waals surface area contributed by atoms with Gasteiger partial charge in [-0.3, -0.25) is 4.98 Å². The Morgan fingerprint density at radius 3 is 2.72 bits per heavy atom. The van der Waals surface area contributed by atoms with Crippen LogP contribution in [0.3, 0.4) is 0 Å². The molecule has 0 spiro atoms. The summed E-state index contributed by atoms with van der Waals surface area (Å²) < 4.78 is 5.10. The van der Waals surface area contributed by atoms with E-state index in [1.807, 2.05) is 19.9 Å². The third kappa shape index (κ3) is 2.65. The second-order valence-electron chi connectivity index (χ2n) is 3.95. The molecule has 0 radical (unpaired) electrons. The summed E-state index contributed by atoms with van der Waals surface area (Å²) >= 11 is 4.84. The number of nitrogens with one attached hydrogen (secondary N) is 1. The fourth-order valence-corrected chi connectivity index (χ4v) is 1.71. The molecular formula is C12H14N4OS. The largest absolute Gasteiger partial charge is 0.388 e. The van der Waals surface area contributed by atoms with Gasteiger partial charge in [-0.15, -0.1) is 0 Å². The standard InChI is InChI=1S/C12H14N4OS/c1-7-10(8(2)17-16-7)6-14-9-3-4-11(12(13)18)15-5-9/h3-5,14H,6H2,1-2H3,(H2,13,18). The Hall–Kier alpha value is -1.95. The van der Waals surface area contributed by atoms with Crippen molar-refractivity contribution in [2.24, 2.45) is 5.73 Å². The van der Waals surface area contributed by atoms with Gasteiger partial charge in [0, 0.05) is 12.1 Å². The first-order valence-electron chi connectivity index (χ1n) is 5.49. The molecule has 0 unspecified atom stereocenters. The Morgan fingerprint density at radius 1 is 1.44 bits per heavy atom.